The lowest BCUT2D eigenvalue weighted by Gasteiger charge is -2.42. The van der Waals surface area contributed by atoms with Crippen molar-refractivity contribution >= 4 is 40.0 Å². The number of piperazine rings is 1. The van der Waals surface area contributed by atoms with Crippen molar-refractivity contribution in [3.8, 4) is 0 Å². The van der Waals surface area contributed by atoms with Gasteiger partial charge in [0.05, 0.1) is 18.6 Å². The molecule has 182 valence electrons. The number of hydrogen-bond donors (Lipinski definition) is 4. The van der Waals surface area contributed by atoms with Crippen LogP contribution in [-0.4, -0.2) is 63.5 Å². The van der Waals surface area contributed by atoms with E-state index in [1.54, 1.807) is 29.2 Å². The molecule has 0 radical (unpaired) electrons. The van der Waals surface area contributed by atoms with E-state index in [4.69, 9.17) is 15.7 Å². The maximum Gasteiger partial charge on any atom is 0.322 e. The van der Waals surface area contributed by atoms with Gasteiger partial charge in [0.25, 0.3) is 0 Å². The second kappa shape index (κ2) is 9.38. The van der Waals surface area contributed by atoms with Crippen molar-refractivity contribution in [3.63, 3.8) is 0 Å². The van der Waals surface area contributed by atoms with Crippen LogP contribution >= 0.6 is 0 Å². The van der Waals surface area contributed by atoms with Gasteiger partial charge in [0.1, 0.15) is 23.8 Å². The Morgan fingerprint density at radius 2 is 1.94 bits per heavy atom. The van der Waals surface area contributed by atoms with Gasteiger partial charge in [0.15, 0.2) is 0 Å². The fourth-order valence-corrected chi connectivity index (χ4v) is 4.57. The minimum absolute atomic E-state index is 0.0200. The van der Waals surface area contributed by atoms with E-state index in [0.29, 0.717) is 49.2 Å². The molecule has 5 rings (SSSR count). The molecule has 2 atom stereocenters. The van der Waals surface area contributed by atoms with Gasteiger partial charge in [0, 0.05) is 29.9 Å². The monoisotopic (exact) mass is 474 g/mol. The summed E-state index contributed by atoms with van der Waals surface area (Å²) >= 11 is 0. The third kappa shape index (κ3) is 4.83. The van der Waals surface area contributed by atoms with E-state index in [-0.39, 0.29) is 24.0 Å². The highest BCUT2D eigenvalue weighted by atomic mass is 16.2. The number of nitrogen functional groups attached to an aromatic ring is 1. The van der Waals surface area contributed by atoms with E-state index < -0.39 is 6.04 Å². The summed E-state index contributed by atoms with van der Waals surface area (Å²) < 4.78 is 0. The Bertz CT molecular complexity index is 1260. The number of benzene rings is 2. The predicted octanol–water partition coefficient (Wildman–Crippen LogP) is 2.45. The number of carbonyl (C=O) groups excluding carboxylic acids is 2. The first-order valence-corrected chi connectivity index (χ1v) is 11.9. The van der Waals surface area contributed by atoms with Crippen LogP contribution < -0.4 is 21.7 Å². The van der Waals surface area contributed by atoms with E-state index in [2.05, 4.69) is 20.9 Å². The van der Waals surface area contributed by atoms with Crippen LogP contribution in [0.4, 0.5) is 22.0 Å². The minimum Gasteiger partial charge on any atom is -0.399 e. The van der Waals surface area contributed by atoms with Gasteiger partial charge in [-0.3, -0.25) is 9.69 Å². The first kappa shape index (κ1) is 22.9. The number of fused-ring (bicyclic) bond motifs is 5. The molecule has 2 aliphatic heterocycles. The molecule has 1 unspecified atom stereocenters. The molecular formula is C25H30N8O2. The van der Waals surface area contributed by atoms with Gasteiger partial charge in [-0.2, -0.15) is 0 Å². The number of aromatic nitrogens is 2. The summed E-state index contributed by atoms with van der Waals surface area (Å²) in [5.41, 5.74) is 7.88. The normalized spacial score (nSPS) is 20.7. The van der Waals surface area contributed by atoms with Gasteiger partial charge in [-0.25, -0.2) is 14.8 Å². The smallest absolute Gasteiger partial charge is 0.322 e. The molecule has 5 N–H and O–H groups in total. The highest BCUT2D eigenvalue weighted by Gasteiger charge is 2.35. The third-order valence-electron chi connectivity index (χ3n) is 6.46. The van der Waals surface area contributed by atoms with Crippen molar-refractivity contribution in [2.45, 2.75) is 32.6 Å². The largest absolute Gasteiger partial charge is 0.399 e. The fourth-order valence-electron chi connectivity index (χ4n) is 4.57. The van der Waals surface area contributed by atoms with Crippen LogP contribution in [0.15, 0.2) is 48.5 Å². The number of amides is 3. The quantitative estimate of drug-likeness (QED) is 0.420. The molecule has 0 saturated carbocycles. The zero-order chi connectivity index (χ0) is 24.5. The Hall–Kier alpha value is -3.92. The fraction of sp³-hybridized carbons (Fsp3) is 0.360. The summed E-state index contributed by atoms with van der Waals surface area (Å²) in [7, 11) is 0. The Morgan fingerprint density at radius 3 is 2.74 bits per heavy atom. The van der Waals surface area contributed by atoms with Gasteiger partial charge in [-0.15, -0.1) is 0 Å². The van der Waals surface area contributed by atoms with Gasteiger partial charge < -0.3 is 26.6 Å². The SMILES string of the molecule is CC(C)[C@@H]1Nc2nc(nc3ccccc23)CN2CCN(C(=O)Nc3cccc(N)c3)CC2NC1=O. The predicted molar refractivity (Wildman–Crippen MR) is 136 cm³/mol. The van der Waals surface area contributed by atoms with Gasteiger partial charge in [-0.1, -0.05) is 32.0 Å². The number of anilines is 3. The highest BCUT2D eigenvalue weighted by molar-refractivity contribution is 5.93. The second-order valence-corrected chi connectivity index (χ2v) is 9.37. The first-order chi connectivity index (χ1) is 16.9. The van der Waals surface area contributed by atoms with Crippen molar-refractivity contribution < 1.29 is 9.59 Å². The summed E-state index contributed by atoms with van der Waals surface area (Å²) in [5, 5.41) is 10.3. The van der Waals surface area contributed by atoms with E-state index in [0.717, 1.165) is 10.9 Å². The Balaban J connectivity index is 1.42. The molecule has 35 heavy (non-hydrogen) atoms. The maximum atomic E-state index is 13.4. The topological polar surface area (TPSA) is 129 Å². The number of hydrogen-bond acceptors (Lipinski definition) is 7. The lowest BCUT2D eigenvalue weighted by atomic mass is 10.0. The lowest BCUT2D eigenvalue weighted by molar-refractivity contribution is -0.125. The number of nitrogens with zero attached hydrogens (tertiary/aromatic N) is 4. The summed E-state index contributed by atoms with van der Waals surface area (Å²) in [5.74, 6) is 1.23. The minimum atomic E-state index is -0.488. The Kier molecular flexibility index (Phi) is 6.12. The van der Waals surface area contributed by atoms with Crippen LogP contribution in [0.2, 0.25) is 0 Å². The summed E-state index contributed by atoms with van der Waals surface area (Å²) in [6, 6.07) is 14.2. The molecule has 0 aliphatic carbocycles. The number of carbonyl (C=O) groups is 2. The van der Waals surface area contributed by atoms with Crippen molar-refractivity contribution in [1.82, 2.24) is 25.1 Å². The molecule has 2 aromatic carbocycles. The van der Waals surface area contributed by atoms with Crippen molar-refractivity contribution in [2.24, 2.45) is 5.92 Å². The molecule has 1 saturated heterocycles. The maximum absolute atomic E-state index is 13.4. The molecule has 2 bridgehead atoms. The van der Waals surface area contributed by atoms with Gasteiger partial charge in [0.2, 0.25) is 5.91 Å². The van der Waals surface area contributed by atoms with Crippen molar-refractivity contribution in [1.29, 1.82) is 0 Å². The molecule has 2 aliphatic rings. The zero-order valence-electron chi connectivity index (χ0n) is 19.9. The highest BCUT2D eigenvalue weighted by Crippen LogP contribution is 2.25. The van der Waals surface area contributed by atoms with E-state index >= 15 is 0 Å². The average molecular weight is 475 g/mol. The zero-order valence-corrected chi connectivity index (χ0v) is 19.9. The van der Waals surface area contributed by atoms with Crippen LogP contribution in [-0.2, 0) is 11.3 Å². The molecule has 3 heterocycles. The number of urea groups is 1. The summed E-state index contributed by atoms with van der Waals surface area (Å²) in [4.78, 5) is 39.8. The van der Waals surface area contributed by atoms with Crippen LogP contribution in [0.3, 0.4) is 0 Å². The molecule has 0 spiro atoms. The number of para-hydroxylation sites is 1. The van der Waals surface area contributed by atoms with Crippen LogP contribution in [0.25, 0.3) is 10.9 Å². The van der Waals surface area contributed by atoms with E-state index in [1.807, 2.05) is 38.1 Å². The average Bonchev–Trinajstić information content (AvgIpc) is 2.82. The Morgan fingerprint density at radius 1 is 1.11 bits per heavy atom. The molecule has 1 aromatic heterocycles. The second-order valence-electron chi connectivity index (χ2n) is 9.37. The van der Waals surface area contributed by atoms with Crippen LogP contribution in [0, 0.1) is 5.92 Å². The summed E-state index contributed by atoms with van der Waals surface area (Å²) in [6.07, 6.45) is -0.373. The van der Waals surface area contributed by atoms with E-state index in [1.165, 1.54) is 0 Å². The molecule has 1 fully saturated rings. The first-order valence-electron chi connectivity index (χ1n) is 11.9. The molecule has 10 heteroatoms. The third-order valence-corrected chi connectivity index (χ3v) is 6.46. The molecular weight excluding hydrogens is 444 g/mol. The van der Waals surface area contributed by atoms with Gasteiger partial charge in [-0.05, 0) is 36.2 Å². The molecule has 3 aromatic rings. The number of rotatable bonds is 2. The van der Waals surface area contributed by atoms with Crippen LogP contribution in [0.1, 0.15) is 19.7 Å². The molecule has 3 amide bonds. The standard InChI is InChI=1S/C25H30N8O2/c1-15(2)22-24(34)30-21-14-33(25(35)27-17-7-5-6-16(26)12-17)11-10-32(21)13-20-28-19-9-4-3-8-18(19)23(29-20)31-22/h3-9,12,15,21-22H,10-11,13-14,26H2,1-2H3,(H,27,35)(H,30,34)(H,28,29,31)/t21?,22-/m0/s1. The molecule has 10 nitrogen and oxygen atoms in total. The number of nitrogens with one attached hydrogen (secondary N) is 3. The van der Waals surface area contributed by atoms with Crippen LogP contribution in [0.5, 0.6) is 0 Å². The lowest BCUT2D eigenvalue weighted by Crippen LogP contribution is -2.63. The van der Waals surface area contributed by atoms with Crippen molar-refractivity contribution in [3.05, 3.63) is 54.4 Å². The van der Waals surface area contributed by atoms with Gasteiger partial charge >= 0.3 is 6.03 Å². The summed E-state index contributed by atoms with van der Waals surface area (Å²) in [6.45, 7) is 5.87. The Labute approximate surface area is 203 Å². The van der Waals surface area contributed by atoms with E-state index in [9.17, 15) is 9.59 Å². The number of nitrogens with two attached hydrogens (primary N) is 1. The van der Waals surface area contributed by atoms with Crippen molar-refractivity contribution in [2.75, 3.05) is 36.0 Å².